The van der Waals surface area contributed by atoms with Gasteiger partial charge < -0.3 is 4.42 Å². The lowest BCUT2D eigenvalue weighted by molar-refractivity contribution is -0.113. The van der Waals surface area contributed by atoms with Crippen LogP contribution in [0.3, 0.4) is 0 Å². The third-order valence-electron chi connectivity index (χ3n) is 4.22. The molecule has 1 amide bonds. The third-order valence-corrected chi connectivity index (χ3v) is 7.18. The average Bonchev–Trinajstić information content (AvgIpc) is 3.27. The van der Waals surface area contributed by atoms with E-state index in [0.717, 1.165) is 20.6 Å². The molecule has 1 fully saturated rings. The number of thioether (sulfide) groups is 2. The number of rotatable bonds is 5. The van der Waals surface area contributed by atoms with Crippen molar-refractivity contribution >= 4 is 69.5 Å². The van der Waals surface area contributed by atoms with E-state index >= 15 is 0 Å². The predicted molar refractivity (Wildman–Crippen MR) is 128 cm³/mol. The van der Waals surface area contributed by atoms with E-state index in [9.17, 15) is 4.79 Å². The number of carbonyl (C=O) groups excluding carboxylic acids is 1. The summed E-state index contributed by atoms with van der Waals surface area (Å²) >= 11 is 9.94. The highest BCUT2D eigenvalue weighted by atomic mass is 32.2. The standard InChI is InChI=1S/C22H17NO2S4/c1-14-6-9-17(10-7-14)28-20-11-8-16(25-20)13-19-21(24)23(22(26)29-19)15-4-3-5-18(12-15)27-2/h3-13H,1-2H3/b19-13-. The van der Waals surface area contributed by atoms with E-state index < -0.39 is 0 Å². The van der Waals surface area contributed by atoms with E-state index in [1.165, 1.54) is 17.3 Å². The summed E-state index contributed by atoms with van der Waals surface area (Å²) in [5.41, 5.74) is 2.01. The van der Waals surface area contributed by atoms with Gasteiger partial charge in [-0.15, -0.1) is 11.8 Å². The maximum absolute atomic E-state index is 12.9. The van der Waals surface area contributed by atoms with Crippen molar-refractivity contribution in [3.05, 3.63) is 76.9 Å². The molecule has 4 rings (SSSR count). The average molecular weight is 456 g/mol. The number of hydrogen-bond donors (Lipinski definition) is 0. The van der Waals surface area contributed by atoms with Crippen molar-refractivity contribution in [2.45, 2.75) is 21.8 Å². The Kier molecular flexibility index (Phi) is 6.20. The van der Waals surface area contributed by atoms with Crippen LogP contribution in [0, 0.1) is 6.92 Å². The lowest BCUT2D eigenvalue weighted by atomic mass is 10.2. The largest absolute Gasteiger partial charge is 0.450 e. The van der Waals surface area contributed by atoms with Gasteiger partial charge in [0.15, 0.2) is 9.41 Å². The van der Waals surface area contributed by atoms with E-state index in [-0.39, 0.29) is 5.91 Å². The summed E-state index contributed by atoms with van der Waals surface area (Å²) < 4.78 is 6.42. The van der Waals surface area contributed by atoms with Gasteiger partial charge in [-0.25, -0.2) is 0 Å². The second-order valence-corrected chi connectivity index (χ2v) is 9.92. The molecule has 0 N–H and O–H groups in total. The fraction of sp³-hybridized carbons (Fsp3) is 0.0909. The highest BCUT2D eigenvalue weighted by Crippen LogP contribution is 2.38. The van der Waals surface area contributed by atoms with Gasteiger partial charge in [0, 0.05) is 15.9 Å². The second-order valence-electron chi connectivity index (χ2n) is 6.29. The molecule has 0 radical (unpaired) electrons. The molecule has 0 aliphatic carbocycles. The Balaban J connectivity index is 1.53. The van der Waals surface area contributed by atoms with Crippen LogP contribution in [0.4, 0.5) is 5.69 Å². The molecule has 0 atom stereocenters. The van der Waals surface area contributed by atoms with Gasteiger partial charge in [0.05, 0.1) is 10.6 Å². The molecule has 3 nitrogen and oxygen atoms in total. The van der Waals surface area contributed by atoms with Crippen molar-refractivity contribution in [2.75, 3.05) is 11.2 Å². The number of anilines is 1. The van der Waals surface area contributed by atoms with Crippen molar-refractivity contribution in [1.29, 1.82) is 0 Å². The van der Waals surface area contributed by atoms with E-state index in [1.54, 1.807) is 34.5 Å². The van der Waals surface area contributed by atoms with E-state index in [2.05, 4.69) is 31.2 Å². The normalized spacial score (nSPS) is 15.5. The molecule has 2 heterocycles. The number of amides is 1. The predicted octanol–water partition coefficient (Wildman–Crippen LogP) is 6.87. The molecule has 0 saturated carbocycles. The lowest BCUT2D eigenvalue weighted by Crippen LogP contribution is -2.27. The first-order valence-corrected chi connectivity index (χ1v) is 12.1. The zero-order chi connectivity index (χ0) is 20.4. The summed E-state index contributed by atoms with van der Waals surface area (Å²) in [4.78, 5) is 17.3. The molecule has 0 spiro atoms. The van der Waals surface area contributed by atoms with Gasteiger partial charge >= 0.3 is 0 Å². The number of carbonyl (C=O) groups is 1. The Bertz CT molecular complexity index is 1100. The summed E-state index contributed by atoms with van der Waals surface area (Å²) in [6.07, 6.45) is 3.77. The quantitative estimate of drug-likeness (QED) is 0.237. The van der Waals surface area contributed by atoms with Crippen molar-refractivity contribution in [1.82, 2.24) is 0 Å². The van der Waals surface area contributed by atoms with E-state index in [1.807, 2.05) is 42.7 Å². The van der Waals surface area contributed by atoms with Gasteiger partial charge in [-0.1, -0.05) is 59.5 Å². The van der Waals surface area contributed by atoms with Crippen LogP contribution in [0.15, 0.2) is 84.9 Å². The van der Waals surface area contributed by atoms with Crippen LogP contribution in [0.5, 0.6) is 0 Å². The van der Waals surface area contributed by atoms with Crippen LogP contribution in [0.25, 0.3) is 6.08 Å². The number of nitrogens with zero attached hydrogens (tertiary/aromatic N) is 1. The molecule has 0 bridgehead atoms. The van der Waals surface area contributed by atoms with Gasteiger partial charge in [0.1, 0.15) is 5.76 Å². The molecule has 1 aliphatic heterocycles. The maximum atomic E-state index is 12.9. The Labute approximate surface area is 187 Å². The molecule has 0 unspecified atom stereocenters. The molecule has 1 aliphatic rings. The summed E-state index contributed by atoms with van der Waals surface area (Å²) in [5, 5.41) is 0.781. The molecule has 29 heavy (non-hydrogen) atoms. The van der Waals surface area contributed by atoms with Gasteiger partial charge in [-0.05, 0) is 55.6 Å². The van der Waals surface area contributed by atoms with E-state index in [4.69, 9.17) is 16.6 Å². The fourth-order valence-electron chi connectivity index (χ4n) is 2.76. The summed E-state index contributed by atoms with van der Waals surface area (Å²) in [6.45, 7) is 2.06. The zero-order valence-corrected chi connectivity index (χ0v) is 19.0. The molecular weight excluding hydrogens is 439 g/mol. The minimum atomic E-state index is -0.123. The molecular formula is C22H17NO2S4. The molecule has 1 aromatic heterocycles. The minimum Gasteiger partial charge on any atom is -0.450 e. The minimum absolute atomic E-state index is 0.123. The van der Waals surface area contributed by atoms with Crippen molar-refractivity contribution in [2.24, 2.45) is 0 Å². The van der Waals surface area contributed by atoms with Crippen LogP contribution >= 0.6 is 47.5 Å². The fourth-order valence-corrected chi connectivity index (χ4v) is 5.27. The molecule has 1 saturated heterocycles. The van der Waals surface area contributed by atoms with Crippen LogP contribution in [-0.2, 0) is 4.79 Å². The first kappa shape index (κ1) is 20.3. The smallest absolute Gasteiger partial charge is 0.270 e. The second kappa shape index (κ2) is 8.83. The Morgan fingerprint density at radius 2 is 1.86 bits per heavy atom. The summed E-state index contributed by atoms with van der Waals surface area (Å²) in [5.74, 6) is 0.514. The molecule has 146 valence electrons. The first-order valence-electron chi connectivity index (χ1n) is 8.80. The molecule has 3 aromatic rings. The van der Waals surface area contributed by atoms with Gasteiger partial charge in [-0.3, -0.25) is 9.69 Å². The zero-order valence-electron chi connectivity index (χ0n) is 15.7. The SMILES string of the molecule is CSc1cccc(N2C(=O)/C(=C/c3ccc(Sc4ccc(C)cc4)o3)SC2=S)c1. The van der Waals surface area contributed by atoms with Crippen LogP contribution < -0.4 is 4.90 Å². The summed E-state index contributed by atoms with van der Waals surface area (Å²) in [7, 11) is 0. The van der Waals surface area contributed by atoms with E-state index in [0.29, 0.717) is 15.0 Å². The van der Waals surface area contributed by atoms with Gasteiger partial charge in [0.25, 0.3) is 5.91 Å². The van der Waals surface area contributed by atoms with Gasteiger partial charge in [-0.2, -0.15) is 0 Å². The first-order chi connectivity index (χ1) is 14.0. The number of thiocarbonyl (C=S) groups is 1. The maximum Gasteiger partial charge on any atom is 0.270 e. The Morgan fingerprint density at radius 3 is 2.62 bits per heavy atom. The number of aryl methyl sites for hydroxylation is 1. The number of benzene rings is 2. The monoisotopic (exact) mass is 455 g/mol. The van der Waals surface area contributed by atoms with Crippen molar-refractivity contribution < 1.29 is 9.21 Å². The van der Waals surface area contributed by atoms with Gasteiger partial charge in [0.2, 0.25) is 0 Å². The Morgan fingerprint density at radius 1 is 1.07 bits per heavy atom. The number of hydrogen-bond acceptors (Lipinski definition) is 6. The topological polar surface area (TPSA) is 33.5 Å². The number of furan rings is 1. The lowest BCUT2D eigenvalue weighted by Gasteiger charge is -2.15. The highest BCUT2D eigenvalue weighted by Gasteiger charge is 2.33. The molecule has 2 aromatic carbocycles. The Hall–Kier alpha value is -1.93. The third kappa shape index (κ3) is 4.64. The van der Waals surface area contributed by atoms with Crippen LogP contribution in [-0.4, -0.2) is 16.5 Å². The van der Waals surface area contributed by atoms with Crippen molar-refractivity contribution in [3.63, 3.8) is 0 Å². The highest BCUT2D eigenvalue weighted by molar-refractivity contribution is 8.27. The summed E-state index contributed by atoms with van der Waals surface area (Å²) in [6, 6.07) is 19.9. The van der Waals surface area contributed by atoms with Crippen LogP contribution in [0.1, 0.15) is 11.3 Å². The van der Waals surface area contributed by atoms with Crippen molar-refractivity contribution in [3.8, 4) is 0 Å². The van der Waals surface area contributed by atoms with Crippen LogP contribution in [0.2, 0.25) is 0 Å². The molecule has 7 heteroatoms.